The molecule has 0 bridgehead atoms. The van der Waals surface area contributed by atoms with Crippen LogP contribution in [0.4, 0.5) is 0 Å². The second-order valence-corrected chi connectivity index (χ2v) is 2.91. The second-order valence-electron chi connectivity index (χ2n) is 2.91. The van der Waals surface area contributed by atoms with Crippen LogP contribution in [0.1, 0.15) is 25.8 Å². The first-order valence-corrected chi connectivity index (χ1v) is 4.26. The highest BCUT2D eigenvalue weighted by atomic mass is 14.6. The highest BCUT2D eigenvalue weighted by Crippen LogP contribution is 2.14. The van der Waals surface area contributed by atoms with Crippen molar-refractivity contribution in [1.29, 1.82) is 0 Å². The van der Waals surface area contributed by atoms with Gasteiger partial charge in [0.05, 0.1) is 0 Å². The topological polar surface area (TPSA) is 26.0 Å². The lowest BCUT2D eigenvalue weighted by atomic mass is 10.1. The summed E-state index contributed by atoms with van der Waals surface area (Å²) in [6.45, 7) is 4.19. The zero-order valence-electron chi connectivity index (χ0n) is 7.67. The largest absolute Gasteiger partial charge is 0.398 e. The third-order valence-corrected chi connectivity index (χ3v) is 2.07. The van der Waals surface area contributed by atoms with Gasteiger partial charge in [-0.05, 0) is 18.9 Å². The average Bonchev–Trinajstić information content (AvgIpc) is 2.17. The molecular formula is C11H15N. The maximum absolute atomic E-state index is 5.93. The van der Waals surface area contributed by atoms with Gasteiger partial charge in [-0.2, -0.15) is 0 Å². The first kappa shape index (κ1) is 8.85. The van der Waals surface area contributed by atoms with E-state index in [1.165, 1.54) is 5.57 Å². The van der Waals surface area contributed by atoms with E-state index in [1.807, 2.05) is 30.3 Å². The van der Waals surface area contributed by atoms with Crippen molar-refractivity contribution in [3.63, 3.8) is 0 Å². The first-order valence-electron chi connectivity index (χ1n) is 4.26. The van der Waals surface area contributed by atoms with Crippen molar-refractivity contribution >= 4 is 5.70 Å². The molecule has 1 heteroatoms. The number of nitrogens with two attached hydrogens (primary N) is 1. The molecule has 0 heterocycles. The molecule has 0 radical (unpaired) electrons. The van der Waals surface area contributed by atoms with E-state index < -0.39 is 0 Å². The Kier molecular flexibility index (Phi) is 2.92. The minimum atomic E-state index is 0.915. The van der Waals surface area contributed by atoms with Crippen molar-refractivity contribution in [2.75, 3.05) is 0 Å². The molecule has 1 nitrogen and oxygen atoms in total. The summed E-state index contributed by atoms with van der Waals surface area (Å²) in [6, 6.07) is 10.1. The van der Waals surface area contributed by atoms with Crippen LogP contribution >= 0.6 is 0 Å². The number of hydrogen-bond donors (Lipinski definition) is 1. The molecule has 12 heavy (non-hydrogen) atoms. The lowest BCUT2D eigenvalue weighted by Crippen LogP contribution is -1.98. The molecule has 1 aromatic carbocycles. The van der Waals surface area contributed by atoms with Crippen LogP contribution in [0.3, 0.4) is 0 Å². The number of hydrogen-bond acceptors (Lipinski definition) is 1. The quantitative estimate of drug-likeness (QED) is 0.709. The van der Waals surface area contributed by atoms with E-state index in [0.717, 1.165) is 17.7 Å². The van der Waals surface area contributed by atoms with Crippen molar-refractivity contribution in [3.8, 4) is 0 Å². The third-order valence-electron chi connectivity index (χ3n) is 2.07. The molecule has 2 N–H and O–H groups in total. The lowest BCUT2D eigenvalue weighted by Gasteiger charge is -2.04. The van der Waals surface area contributed by atoms with E-state index in [0.29, 0.717) is 0 Å². The van der Waals surface area contributed by atoms with Crippen molar-refractivity contribution < 1.29 is 0 Å². The highest BCUT2D eigenvalue weighted by molar-refractivity contribution is 5.65. The SMILES string of the molecule is CC/C(C)=C(\N)c1ccccc1. The fourth-order valence-electron chi connectivity index (χ4n) is 1.05. The van der Waals surface area contributed by atoms with Gasteiger partial charge in [-0.25, -0.2) is 0 Å². The molecule has 0 atom stereocenters. The van der Waals surface area contributed by atoms with E-state index in [9.17, 15) is 0 Å². The van der Waals surface area contributed by atoms with Crippen LogP contribution in [0.15, 0.2) is 35.9 Å². The van der Waals surface area contributed by atoms with E-state index in [-0.39, 0.29) is 0 Å². The zero-order chi connectivity index (χ0) is 8.97. The average molecular weight is 161 g/mol. The smallest absolute Gasteiger partial charge is 0.0376 e. The zero-order valence-corrected chi connectivity index (χ0v) is 7.67. The summed E-state index contributed by atoms with van der Waals surface area (Å²) in [5, 5.41) is 0. The third kappa shape index (κ3) is 1.88. The molecule has 0 amide bonds. The maximum Gasteiger partial charge on any atom is 0.0376 e. The molecule has 0 fully saturated rings. The minimum absolute atomic E-state index is 0.915. The monoisotopic (exact) mass is 161 g/mol. The minimum Gasteiger partial charge on any atom is -0.398 e. The molecule has 0 aliphatic heterocycles. The predicted octanol–water partition coefficient (Wildman–Crippen LogP) is 2.79. The Morgan fingerprint density at radius 3 is 2.33 bits per heavy atom. The van der Waals surface area contributed by atoms with Gasteiger partial charge in [-0.1, -0.05) is 42.8 Å². The molecule has 0 saturated carbocycles. The summed E-state index contributed by atoms with van der Waals surface area (Å²) in [6.07, 6.45) is 1.01. The van der Waals surface area contributed by atoms with Crippen LogP contribution in [-0.2, 0) is 0 Å². The van der Waals surface area contributed by atoms with Crippen LogP contribution in [-0.4, -0.2) is 0 Å². The number of rotatable bonds is 2. The summed E-state index contributed by atoms with van der Waals surface area (Å²) in [7, 11) is 0. The van der Waals surface area contributed by atoms with Gasteiger partial charge >= 0.3 is 0 Å². The lowest BCUT2D eigenvalue weighted by molar-refractivity contribution is 1.09. The summed E-state index contributed by atoms with van der Waals surface area (Å²) in [5.41, 5.74) is 9.22. The second kappa shape index (κ2) is 3.96. The van der Waals surface area contributed by atoms with Gasteiger partial charge in [0.25, 0.3) is 0 Å². The molecule has 0 aliphatic carbocycles. The molecule has 1 aromatic rings. The van der Waals surface area contributed by atoms with Crippen LogP contribution < -0.4 is 5.73 Å². The standard InChI is InChI=1S/C11H15N/c1-3-9(2)11(12)10-7-5-4-6-8-10/h4-8H,3,12H2,1-2H3/b11-9-. The van der Waals surface area contributed by atoms with E-state index in [2.05, 4.69) is 13.8 Å². The molecular weight excluding hydrogens is 146 g/mol. The Morgan fingerprint density at radius 1 is 1.25 bits per heavy atom. The normalized spacial score (nSPS) is 12.5. The summed E-state index contributed by atoms with van der Waals surface area (Å²) in [4.78, 5) is 0. The van der Waals surface area contributed by atoms with E-state index in [1.54, 1.807) is 0 Å². The van der Waals surface area contributed by atoms with Crippen molar-refractivity contribution in [2.24, 2.45) is 5.73 Å². The molecule has 0 spiro atoms. The van der Waals surface area contributed by atoms with Gasteiger partial charge in [-0.3, -0.25) is 0 Å². The summed E-state index contributed by atoms with van der Waals surface area (Å²) < 4.78 is 0. The molecule has 0 unspecified atom stereocenters. The molecule has 64 valence electrons. The van der Waals surface area contributed by atoms with Crippen molar-refractivity contribution in [1.82, 2.24) is 0 Å². The molecule has 1 rings (SSSR count). The Hall–Kier alpha value is -1.24. The highest BCUT2D eigenvalue weighted by Gasteiger charge is 1.97. The maximum atomic E-state index is 5.93. The Labute approximate surface area is 73.9 Å². The summed E-state index contributed by atoms with van der Waals surface area (Å²) in [5.74, 6) is 0. The Morgan fingerprint density at radius 2 is 1.83 bits per heavy atom. The van der Waals surface area contributed by atoms with Gasteiger partial charge in [0.2, 0.25) is 0 Å². The van der Waals surface area contributed by atoms with Crippen LogP contribution in [0.25, 0.3) is 5.70 Å². The van der Waals surface area contributed by atoms with E-state index in [4.69, 9.17) is 5.73 Å². The number of allylic oxidation sites excluding steroid dienone is 1. The fourth-order valence-corrected chi connectivity index (χ4v) is 1.05. The van der Waals surface area contributed by atoms with Gasteiger partial charge in [0, 0.05) is 5.70 Å². The van der Waals surface area contributed by atoms with Crippen LogP contribution in [0.5, 0.6) is 0 Å². The van der Waals surface area contributed by atoms with Crippen LogP contribution in [0, 0.1) is 0 Å². The Bertz CT molecular complexity index is 272. The van der Waals surface area contributed by atoms with E-state index >= 15 is 0 Å². The van der Waals surface area contributed by atoms with Gasteiger partial charge in [-0.15, -0.1) is 0 Å². The fraction of sp³-hybridized carbons (Fsp3) is 0.273. The van der Waals surface area contributed by atoms with Crippen LogP contribution in [0.2, 0.25) is 0 Å². The molecule has 0 aromatic heterocycles. The molecule has 0 saturated heterocycles. The summed E-state index contributed by atoms with van der Waals surface area (Å²) >= 11 is 0. The van der Waals surface area contributed by atoms with Gasteiger partial charge < -0.3 is 5.73 Å². The van der Waals surface area contributed by atoms with Gasteiger partial charge in [0.15, 0.2) is 0 Å². The predicted molar refractivity (Wildman–Crippen MR) is 53.5 cm³/mol. The molecule has 0 aliphatic rings. The Balaban J connectivity index is 3.00. The first-order chi connectivity index (χ1) is 5.75. The number of benzene rings is 1. The van der Waals surface area contributed by atoms with Crippen molar-refractivity contribution in [3.05, 3.63) is 41.5 Å². The van der Waals surface area contributed by atoms with Gasteiger partial charge in [0.1, 0.15) is 0 Å². The van der Waals surface area contributed by atoms with Crippen molar-refractivity contribution in [2.45, 2.75) is 20.3 Å².